The highest BCUT2D eigenvalue weighted by Gasteiger charge is 2.15. The Balaban J connectivity index is 2.54. The number of aliphatic carboxylic acids is 1. The van der Waals surface area contributed by atoms with Crippen LogP contribution >= 0.6 is 0 Å². The molecular weight excluding hydrogens is 244 g/mol. The number of carbonyl (C=O) groups is 1. The summed E-state index contributed by atoms with van der Waals surface area (Å²) < 4.78 is 0. The molecule has 5 nitrogen and oxygen atoms in total. The molecule has 0 fully saturated rings. The smallest absolute Gasteiger partial charge is 0.323 e. The second kappa shape index (κ2) is 5.14. The number of anilines is 1. The third-order valence-corrected chi connectivity index (χ3v) is 2.98. The Bertz CT molecular complexity index is 661. The van der Waals surface area contributed by atoms with E-state index < -0.39 is 5.97 Å². The molecule has 0 aliphatic heterocycles. The van der Waals surface area contributed by atoms with Gasteiger partial charge in [0.15, 0.2) is 0 Å². The molecule has 0 aliphatic carbocycles. The molecule has 0 spiro atoms. The summed E-state index contributed by atoms with van der Waals surface area (Å²) >= 11 is 0. The Labute approximate surface area is 110 Å². The monoisotopic (exact) mass is 260 g/mol. The van der Waals surface area contributed by atoms with E-state index in [9.17, 15) is 9.59 Å². The number of aromatic nitrogens is 1. The van der Waals surface area contributed by atoms with Crippen LogP contribution in [0.3, 0.4) is 0 Å². The molecule has 0 aliphatic rings. The molecule has 100 valence electrons. The molecule has 19 heavy (non-hydrogen) atoms. The molecule has 2 rings (SSSR count). The molecule has 0 amide bonds. The highest BCUT2D eigenvalue weighted by molar-refractivity contribution is 5.84. The topological polar surface area (TPSA) is 73.4 Å². The average molecular weight is 260 g/mol. The van der Waals surface area contributed by atoms with Crippen LogP contribution in [0.5, 0.6) is 0 Å². The number of carboxylic acid groups (broad SMARTS) is 1. The van der Waals surface area contributed by atoms with E-state index in [4.69, 9.17) is 5.11 Å². The number of aromatic amines is 1. The average Bonchev–Trinajstić information content (AvgIpc) is 2.35. The fourth-order valence-electron chi connectivity index (χ4n) is 2.04. The normalized spacial score (nSPS) is 10.9. The van der Waals surface area contributed by atoms with Crippen molar-refractivity contribution < 1.29 is 9.90 Å². The molecule has 0 bridgehead atoms. The van der Waals surface area contributed by atoms with Crippen molar-refractivity contribution in [2.75, 3.05) is 11.4 Å². The quantitative estimate of drug-likeness (QED) is 0.879. The summed E-state index contributed by atoms with van der Waals surface area (Å²) in [5.74, 6) is -0.399. The van der Waals surface area contributed by atoms with E-state index in [1.165, 1.54) is 0 Å². The number of nitrogens with one attached hydrogen (secondary N) is 1. The number of fused-ring (bicyclic) bond motifs is 1. The molecule has 0 radical (unpaired) electrons. The van der Waals surface area contributed by atoms with Gasteiger partial charge < -0.3 is 15.0 Å². The summed E-state index contributed by atoms with van der Waals surface area (Å²) in [5, 5.41) is 10.3. The summed E-state index contributed by atoms with van der Waals surface area (Å²) in [6.45, 7) is 3.62. The lowest BCUT2D eigenvalue weighted by Crippen LogP contribution is -2.37. The lowest BCUT2D eigenvalue weighted by molar-refractivity contribution is -0.135. The number of hydrogen-bond acceptors (Lipinski definition) is 3. The predicted molar refractivity (Wildman–Crippen MR) is 74.7 cm³/mol. The fraction of sp³-hybridized carbons (Fsp3) is 0.286. The van der Waals surface area contributed by atoms with Gasteiger partial charge in [0.05, 0.1) is 0 Å². The Morgan fingerprint density at radius 2 is 2.05 bits per heavy atom. The molecule has 5 heteroatoms. The Kier molecular flexibility index (Phi) is 3.55. The van der Waals surface area contributed by atoms with Gasteiger partial charge in [0.2, 0.25) is 0 Å². The summed E-state index contributed by atoms with van der Waals surface area (Å²) in [6, 6.07) is 9.02. The first kappa shape index (κ1) is 13.1. The van der Waals surface area contributed by atoms with Crippen LogP contribution in [-0.2, 0) is 4.79 Å². The van der Waals surface area contributed by atoms with Crippen molar-refractivity contribution in [2.24, 2.45) is 0 Å². The van der Waals surface area contributed by atoms with Crippen LogP contribution in [0.2, 0.25) is 0 Å². The van der Waals surface area contributed by atoms with Crippen molar-refractivity contribution in [3.63, 3.8) is 0 Å². The second-order valence-corrected chi connectivity index (χ2v) is 4.69. The van der Waals surface area contributed by atoms with Crippen molar-refractivity contribution in [3.8, 4) is 0 Å². The molecule has 2 aromatic rings. The SMILES string of the molecule is CC(C)N(CC(=O)O)c1cc2ccccc2c(=O)[nH]1. The summed E-state index contributed by atoms with van der Waals surface area (Å²) in [7, 11) is 0. The predicted octanol–water partition coefficient (Wildman–Crippen LogP) is 1.83. The lowest BCUT2D eigenvalue weighted by atomic mass is 10.1. The standard InChI is InChI=1S/C14H16N2O3/c1-9(2)16(8-13(17)18)12-7-10-5-3-4-6-11(10)14(19)15-12/h3-7,9H,8H2,1-2H3,(H,15,19)(H,17,18). The van der Waals surface area contributed by atoms with Gasteiger partial charge >= 0.3 is 5.97 Å². The molecule has 1 aromatic heterocycles. The van der Waals surface area contributed by atoms with Crippen molar-refractivity contribution in [1.29, 1.82) is 0 Å². The van der Waals surface area contributed by atoms with Crippen molar-refractivity contribution >= 4 is 22.6 Å². The molecule has 0 unspecified atom stereocenters. The molecule has 1 heterocycles. The van der Waals surface area contributed by atoms with Crippen LogP contribution in [0.25, 0.3) is 10.8 Å². The third kappa shape index (κ3) is 2.76. The van der Waals surface area contributed by atoms with Crippen molar-refractivity contribution in [1.82, 2.24) is 4.98 Å². The van der Waals surface area contributed by atoms with Crippen molar-refractivity contribution in [2.45, 2.75) is 19.9 Å². The summed E-state index contributed by atoms with van der Waals surface area (Å²) in [4.78, 5) is 27.3. The largest absolute Gasteiger partial charge is 0.480 e. The highest BCUT2D eigenvalue weighted by Crippen LogP contribution is 2.18. The summed E-state index contributed by atoms with van der Waals surface area (Å²) in [5.41, 5.74) is -0.205. The van der Waals surface area contributed by atoms with Crippen LogP contribution in [0, 0.1) is 0 Å². The maximum atomic E-state index is 12.0. The molecule has 0 saturated carbocycles. The van der Waals surface area contributed by atoms with E-state index in [-0.39, 0.29) is 18.1 Å². The number of carboxylic acids is 1. The van der Waals surface area contributed by atoms with Crippen LogP contribution < -0.4 is 10.5 Å². The van der Waals surface area contributed by atoms with Gasteiger partial charge in [-0.3, -0.25) is 9.59 Å². The first-order chi connectivity index (χ1) is 8.99. The Morgan fingerprint density at radius 3 is 2.68 bits per heavy atom. The number of hydrogen-bond donors (Lipinski definition) is 2. The minimum absolute atomic E-state index is 0.0205. The minimum Gasteiger partial charge on any atom is -0.480 e. The lowest BCUT2D eigenvalue weighted by Gasteiger charge is -2.26. The van der Waals surface area contributed by atoms with Crippen LogP contribution in [-0.4, -0.2) is 28.6 Å². The first-order valence-electron chi connectivity index (χ1n) is 6.09. The van der Waals surface area contributed by atoms with E-state index in [0.29, 0.717) is 11.2 Å². The maximum Gasteiger partial charge on any atom is 0.323 e. The van der Waals surface area contributed by atoms with Gasteiger partial charge in [-0.1, -0.05) is 18.2 Å². The molecular formula is C14H16N2O3. The van der Waals surface area contributed by atoms with E-state index in [1.807, 2.05) is 26.0 Å². The molecule has 0 saturated heterocycles. The molecule has 1 aromatic carbocycles. The van der Waals surface area contributed by atoms with Gasteiger partial charge in [-0.05, 0) is 31.4 Å². The molecule has 0 atom stereocenters. The Morgan fingerprint density at radius 1 is 1.37 bits per heavy atom. The minimum atomic E-state index is -0.928. The Hall–Kier alpha value is -2.30. The number of rotatable bonds is 4. The van der Waals surface area contributed by atoms with E-state index in [1.54, 1.807) is 23.1 Å². The van der Waals surface area contributed by atoms with Crippen LogP contribution in [0.4, 0.5) is 5.82 Å². The van der Waals surface area contributed by atoms with Crippen molar-refractivity contribution in [3.05, 3.63) is 40.7 Å². The van der Waals surface area contributed by atoms with Crippen LogP contribution in [0.1, 0.15) is 13.8 Å². The highest BCUT2D eigenvalue weighted by atomic mass is 16.4. The number of benzene rings is 1. The third-order valence-electron chi connectivity index (χ3n) is 2.98. The van der Waals surface area contributed by atoms with Gasteiger partial charge in [-0.2, -0.15) is 0 Å². The van der Waals surface area contributed by atoms with Gasteiger partial charge in [-0.15, -0.1) is 0 Å². The van der Waals surface area contributed by atoms with Crippen LogP contribution in [0.15, 0.2) is 35.1 Å². The van der Waals surface area contributed by atoms with Gasteiger partial charge in [-0.25, -0.2) is 0 Å². The van der Waals surface area contributed by atoms with Gasteiger partial charge in [0.25, 0.3) is 5.56 Å². The summed E-state index contributed by atoms with van der Waals surface area (Å²) in [6.07, 6.45) is 0. The zero-order valence-corrected chi connectivity index (χ0v) is 10.9. The number of nitrogens with zero attached hydrogens (tertiary/aromatic N) is 1. The van der Waals surface area contributed by atoms with E-state index in [0.717, 1.165) is 5.39 Å². The van der Waals surface area contributed by atoms with Gasteiger partial charge in [0.1, 0.15) is 12.4 Å². The molecule has 2 N–H and O–H groups in total. The fourth-order valence-corrected chi connectivity index (χ4v) is 2.04. The first-order valence-corrected chi connectivity index (χ1v) is 6.09. The zero-order valence-electron chi connectivity index (χ0n) is 10.9. The van der Waals surface area contributed by atoms with Gasteiger partial charge in [0, 0.05) is 11.4 Å². The zero-order chi connectivity index (χ0) is 14.0. The van der Waals surface area contributed by atoms with E-state index >= 15 is 0 Å². The second-order valence-electron chi connectivity index (χ2n) is 4.69. The maximum absolute atomic E-state index is 12.0. The number of pyridine rings is 1. The van der Waals surface area contributed by atoms with E-state index in [2.05, 4.69) is 4.98 Å². The number of H-pyrrole nitrogens is 1.